The van der Waals surface area contributed by atoms with Crippen molar-refractivity contribution in [3.63, 3.8) is 0 Å². The fraction of sp³-hybridized carbons (Fsp3) is 0.941. The molecule has 2 heterocycles. The van der Waals surface area contributed by atoms with Gasteiger partial charge in [-0.15, -0.1) is 0 Å². The van der Waals surface area contributed by atoms with E-state index in [1.165, 1.54) is 56.8 Å². The van der Waals surface area contributed by atoms with Crippen molar-refractivity contribution >= 4 is 16.9 Å². The van der Waals surface area contributed by atoms with Crippen LogP contribution >= 0.6 is 11.8 Å². The topological polar surface area (TPSA) is 36.4 Å². The molecule has 0 aromatic heterocycles. The predicted molar refractivity (Wildman–Crippen MR) is 93.1 cm³/mol. The molecule has 2 N–H and O–H groups in total. The third-order valence-electron chi connectivity index (χ3n) is 5.88. The van der Waals surface area contributed by atoms with Crippen LogP contribution in [0.3, 0.4) is 0 Å². The van der Waals surface area contributed by atoms with Gasteiger partial charge in [-0.05, 0) is 77.3 Å². The first kappa shape index (κ1) is 15.7. The number of rotatable bonds is 2. The number of aliphatic imine (C=N–C) groups is 1. The van der Waals surface area contributed by atoms with Crippen molar-refractivity contribution in [2.45, 2.75) is 69.6 Å². The Morgan fingerprint density at radius 2 is 1.81 bits per heavy atom. The average Bonchev–Trinajstić information content (AvgIpc) is 2.72. The van der Waals surface area contributed by atoms with Gasteiger partial charge in [0.05, 0.1) is 0 Å². The van der Waals surface area contributed by atoms with Gasteiger partial charge in [-0.3, -0.25) is 4.99 Å². The largest absolute Gasteiger partial charge is 0.359 e. The highest BCUT2D eigenvalue weighted by Crippen LogP contribution is 2.52. The summed E-state index contributed by atoms with van der Waals surface area (Å²) in [7, 11) is 0. The summed E-state index contributed by atoms with van der Waals surface area (Å²) >= 11 is 2.05. The molecule has 0 aromatic carbocycles. The number of nitrogens with one attached hydrogen (secondary N) is 2. The number of hydrogen-bond acceptors (Lipinski definition) is 3. The van der Waals surface area contributed by atoms with Gasteiger partial charge in [-0.25, -0.2) is 0 Å². The standard InChI is InChI=1S/C17H31N3S/c1-13-4-8-17(9-5-13)16(2,3)20-15(21-17)19-12-14-6-10-18-11-7-14/h13-14,18H,4-12H2,1-3H3,(H,19,20). The van der Waals surface area contributed by atoms with E-state index in [4.69, 9.17) is 4.99 Å². The Morgan fingerprint density at radius 3 is 2.48 bits per heavy atom. The Labute approximate surface area is 134 Å². The highest BCUT2D eigenvalue weighted by atomic mass is 32.2. The monoisotopic (exact) mass is 309 g/mol. The van der Waals surface area contributed by atoms with E-state index in [-0.39, 0.29) is 5.54 Å². The number of nitrogens with zero attached hydrogens (tertiary/aromatic N) is 1. The molecule has 1 spiro atoms. The second-order valence-corrected chi connectivity index (χ2v) is 9.24. The van der Waals surface area contributed by atoms with Gasteiger partial charge in [-0.2, -0.15) is 0 Å². The van der Waals surface area contributed by atoms with Crippen molar-refractivity contribution < 1.29 is 0 Å². The maximum Gasteiger partial charge on any atom is 0.157 e. The van der Waals surface area contributed by atoms with Gasteiger partial charge >= 0.3 is 0 Å². The summed E-state index contributed by atoms with van der Waals surface area (Å²) in [5.74, 6) is 1.69. The predicted octanol–water partition coefficient (Wildman–Crippen LogP) is 3.41. The SMILES string of the molecule is CC1CCC2(CC1)SC(=NCC1CCNCC1)NC2(C)C. The van der Waals surface area contributed by atoms with Crippen molar-refractivity contribution in [1.29, 1.82) is 0 Å². The summed E-state index contributed by atoms with van der Waals surface area (Å²) in [6.07, 6.45) is 8.00. The van der Waals surface area contributed by atoms with Crippen LogP contribution in [0.15, 0.2) is 4.99 Å². The van der Waals surface area contributed by atoms with Crippen LogP contribution in [0.25, 0.3) is 0 Å². The van der Waals surface area contributed by atoms with E-state index in [0.29, 0.717) is 4.75 Å². The molecule has 0 bridgehead atoms. The van der Waals surface area contributed by atoms with E-state index in [2.05, 4.69) is 43.2 Å². The fourth-order valence-electron chi connectivity index (χ4n) is 4.02. The minimum Gasteiger partial charge on any atom is -0.359 e. The summed E-state index contributed by atoms with van der Waals surface area (Å²) in [6, 6.07) is 0. The van der Waals surface area contributed by atoms with Gasteiger partial charge in [0.15, 0.2) is 5.17 Å². The molecule has 4 heteroatoms. The lowest BCUT2D eigenvalue weighted by Gasteiger charge is -2.43. The summed E-state index contributed by atoms with van der Waals surface area (Å²) < 4.78 is 0.381. The molecule has 2 saturated heterocycles. The molecule has 0 radical (unpaired) electrons. The Hall–Kier alpha value is -0.220. The van der Waals surface area contributed by atoms with Crippen molar-refractivity contribution in [3.8, 4) is 0 Å². The summed E-state index contributed by atoms with van der Waals surface area (Å²) in [6.45, 7) is 10.5. The number of hydrogen-bond donors (Lipinski definition) is 2. The van der Waals surface area contributed by atoms with Gasteiger partial charge in [0.2, 0.25) is 0 Å². The van der Waals surface area contributed by atoms with E-state index in [9.17, 15) is 0 Å². The molecule has 3 aliphatic rings. The Bertz CT molecular complexity index is 391. The normalized spacial score (nSPS) is 38.8. The molecule has 21 heavy (non-hydrogen) atoms. The summed E-state index contributed by atoms with van der Waals surface area (Å²) in [4.78, 5) is 4.95. The highest BCUT2D eigenvalue weighted by molar-refractivity contribution is 8.15. The van der Waals surface area contributed by atoms with Crippen LogP contribution in [0, 0.1) is 11.8 Å². The molecule has 1 aliphatic carbocycles. The van der Waals surface area contributed by atoms with Crippen molar-refractivity contribution in [1.82, 2.24) is 10.6 Å². The van der Waals surface area contributed by atoms with Crippen LogP contribution in [0.1, 0.15) is 59.3 Å². The van der Waals surface area contributed by atoms with E-state index in [1.54, 1.807) is 0 Å². The maximum atomic E-state index is 4.95. The van der Waals surface area contributed by atoms with Gasteiger partial charge in [0.25, 0.3) is 0 Å². The number of thioether (sulfide) groups is 1. The second kappa shape index (κ2) is 6.11. The van der Waals surface area contributed by atoms with E-state index in [1.807, 2.05) is 0 Å². The first-order chi connectivity index (χ1) is 10.0. The van der Waals surface area contributed by atoms with Crippen LogP contribution in [-0.4, -0.2) is 35.1 Å². The average molecular weight is 310 g/mol. The zero-order valence-electron chi connectivity index (χ0n) is 13.9. The minimum absolute atomic E-state index is 0.185. The number of amidine groups is 1. The maximum absolute atomic E-state index is 4.95. The highest BCUT2D eigenvalue weighted by Gasteiger charge is 2.53. The molecule has 0 atom stereocenters. The number of piperidine rings is 1. The lowest BCUT2D eigenvalue weighted by Crippen LogP contribution is -2.52. The van der Waals surface area contributed by atoms with Crippen molar-refractivity contribution in [3.05, 3.63) is 0 Å². The van der Waals surface area contributed by atoms with Gasteiger partial charge in [0, 0.05) is 16.8 Å². The van der Waals surface area contributed by atoms with Gasteiger partial charge in [-0.1, -0.05) is 18.7 Å². The first-order valence-corrected chi connectivity index (χ1v) is 9.55. The summed E-state index contributed by atoms with van der Waals surface area (Å²) in [5, 5.41) is 8.40. The molecule has 0 unspecified atom stereocenters. The summed E-state index contributed by atoms with van der Waals surface area (Å²) in [5.41, 5.74) is 0.185. The van der Waals surface area contributed by atoms with Crippen LogP contribution in [0.5, 0.6) is 0 Å². The van der Waals surface area contributed by atoms with E-state index < -0.39 is 0 Å². The van der Waals surface area contributed by atoms with Gasteiger partial charge in [0.1, 0.15) is 0 Å². The quantitative estimate of drug-likeness (QED) is 0.821. The molecule has 2 aliphatic heterocycles. The van der Waals surface area contributed by atoms with E-state index >= 15 is 0 Å². The second-order valence-electron chi connectivity index (χ2n) is 7.87. The molecular formula is C17H31N3S. The van der Waals surface area contributed by atoms with Crippen LogP contribution < -0.4 is 10.6 Å². The van der Waals surface area contributed by atoms with Crippen LogP contribution in [0.4, 0.5) is 0 Å². The molecule has 1 saturated carbocycles. The van der Waals surface area contributed by atoms with Crippen molar-refractivity contribution in [2.24, 2.45) is 16.8 Å². The minimum atomic E-state index is 0.185. The molecule has 3 nitrogen and oxygen atoms in total. The molecule has 3 fully saturated rings. The third-order valence-corrected chi connectivity index (χ3v) is 7.62. The fourth-order valence-corrected chi connectivity index (χ4v) is 5.58. The van der Waals surface area contributed by atoms with Crippen molar-refractivity contribution in [2.75, 3.05) is 19.6 Å². The zero-order chi connectivity index (χ0) is 14.9. The lowest BCUT2D eigenvalue weighted by atomic mass is 9.73. The zero-order valence-corrected chi connectivity index (χ0v) is 14.7. The lowest BCUT2D eigenvalue weighted by molar-refractivity contribution is 0.231. The Morgan fingerprint density at radius 1 is 1.14 bits per heavy atom. The molecule has 0 amide bonds. The molecule has 0 aromatic rings. The first-order valence-electron chi connectivity index (χ1n) is 8.73. The smallest absolute Gasteiger partial charge is 0.157 e. The molecular weight excluding hydrogens is 278 g/mol. The molecule has 120 valence electrons. The van der Waals surface area contributed by atoms with Crippen LogP contribution in [0.2, 0.25) is 0 Å². The third kappa shape index (κ3) is 3.26. The Kier molecular flexibility index (Phi) is 4.56. The van der Waals surface area contributed by atoms with Gasteiger partial charge < -0.3 is 10.6 Å². The van der Waals surface area contributed by atoms with Crippen LogP contribution in [-0.2, 0) is 0 Å². The Balaban J connectivity index is 1.63. The van der Waals surface area contributed by atoms with E-state index in [0.717, 1.165) is 18.4 Å². The molecule has 3 rings (SSSR count).